The quantitative estimate of drug-likeness (QED) is 0.691. The lowest BCUT2D eigenvalue weighted by Gasteiger charge is -2.09. The van der Waals surface area contributed by atoms with Crippen molar-refractivity contribution in [1.29, 1.82) is 0 Å². The lowest BCUT2D eigenvalue weighted by molar-refractivity contribution is -0.141. The summed E-state index contributed by atoms with van der Waals surface area (Å²) in [4.78, 5) is 36.6. The largest absolute Gasteiger partial charge is 0.469 e. The Bertz CT molecular complexity index is 800. The molecule has 1 amide bonds. The molecule has 7 heteroatoms. The van der Waals surface area contributed by atoms with E-state index in [1.54, 1.807) is 13.0 Å². The molecule has 2 rings (SSSR count). The molecule has 1 atom stereocenters. The van der Waals surface area contributed by atoms with E-state index in [0.717, 1.165) is 10.4 Å². The van der Waals surface area contributed by atoms with E-state index in [9.17, 15) is 14.4 Å². The first-order valence-electron chi connectivity index (χ1n) is 8.68. The van der Waals surface area contributed by atoms with Crippen molar-refractivity contribution >= 4 is 34.2 Å². The van der Waals surface area contributed by atoms with Gasteiger partial charge < -0.3 is 14.8 Å². The summed E-state index contributed by atoms with van der Waals surface area (Å²) in [7, 11) is 1.27. The number of amides is 1. The average Bonchev–Trinajstić information content (AvgIpc) is 3.10. The zero-order valence-electron chi connectivity index (χ0n) is 15.6. The second kappa shape index (κ2) is 9.87. The van der Waals surface area contributed by atoms with Crippen molar-refractivity contribution in [2.75, 3.05) is 19.0 Å². The van der Waals surface area contributed by atoms with Crippen molar-refractivity contribution in [3.8, 4) is 0 Å². The van der Waals surface area contributed by atoms with E-state index in [-0.39, 0.29) is 31.3 Å². The van der Waals surface area contributed by atoms with E-state index >= 15 is 0 Å². The molecule has 0 aliphatic carbocycles. The van der Waals surface area contributed by atoms with Gasteiger partial charge in [0.1, 0.15) is 5.00 Å². The highest BCUT2D eigenvalue weighted by atomic mass is 32.1. The second-order valence-electron chi connectivity index (χ2n) is 5.87. The third-order valence-corrected chi connectivity index (χ3v) is 5.24. The third kappa shape index (κ3) is 5.65. The molecule has 6 nitrogen and oxygen atoms in total. The first-order valence-corrected chi connectivity index (χ1v) is 9.50. The summed E-state index contributed by atoms with van der Waals surface area (Å²) < 4.78 is 9.65. The molecule has 0 radical (unpaired) electrons. The molecule has 2 aromatic rings. The van der Waals surface area contributed by atoms with Gasteiger partial charge in [-0.1, -0.05) is 37.3 Å². The van der Waals surface area contributed by atoms with Crippen LogP contribution in [-0.2, 0) is 19.1 Å². The van der Waals surface area contributed by atoms with Crippen LogP contribution >= 0.6 is 11.3 Å². The predicted molar refractivity (Wildman–Crippen MR) is 104 cm³/mol. The Kier molecular flexibility index (Phi) is 7.55. The van der Waals surface area contributed by atoms with Crippen LogP contribution in [0.3, 0.4) is 0 Å². The van der Waals surface area contributed by atoms with E-state index in [2.05, 4.69) is 10.1 Å². The van der Waals surface area contributed by atoms with Crippen LogP contribution in [0, 0.1) is 0 Å². The SMILES string of the molecule is CCOC(=O)c1cc([C@@H](C)c2ccccc2)sc1NC(=O)CCC(=O)OC. The number of carbonyl (C=O) groups excluding carboxylic acids is 3. The van der Waals surface area contributed by atoms with Crippen molar-refractivity contribution in [3.05, 3.63) is 52.4 Å². The highest BCUT2D eigenvalue weighted by Gasteiger charge is 2.22. The number of nitrogens with one attached hydrogen (secondary N) is 1. The number of esters is 2. The van der Waals surface area contributed by atoms with Gasteiger partial charge in [0, 0.05) is 17.2 Å². The van der Waals surface area contributed by atoms with Crippen molar-refractivity contribution in [2.45, 2.75) is 32.6 Å². The van der Waals surface area contributed by atoms with Crippen molar-refractivity contribution in [1.82, 2.24) is 0 Å². The first-order chi connectivity index (χ1) is 13.0. The zero-order chi connectivity index (χ0) is 19.8. The molecule has 0 bridgehead atoms. The molecule has 1 aromatic carbocycles. The molecule has 0 aliphatic heterocycles. The van der Waals surface area contributed by atoms with Gasteiger partial charge in [0.15, 0.2) is 0 Å². The van der Waals surface area contributed by atoms with E-state index in [1.165, 1.54) is 18.4 Å². The monoisotopic (exact) mass is 389 g/mol. The number of anilines is 1. The fourth-order valence-electron chi connectivity index (χ4n) is 2.49. The maximum atomic E-state index is 12.3. The molecule has 1 aromatic heterocycles. The highest BCUT2D eigenvalue weighted by molar-refractivity contribution is 7.16. The predicted octanol–water partition coefficient (Wildman–Crippen LogP) is 3.97. The molecule has 0 saturated heterocycles. The summed E-state index contributed by atoms with van der Waals surface area (Å²) in [5, 5.41) is 3.16. The second-order valence-corrected chi connectivity index (χ2v) is 6.95. The molecule has 27 heavy (non-hydrogen) atoms. The Labute approximate surface area is 162 Å². The minimum atomic E-state index is -0.483. The van der Waals surface area contributed by atoms with E-state index in [0.29, 0.717) is 10.6 Å². The molecule has 0 fully saturated rings. The molecule has 0 saturated carbocycles. The molecule has 0 unspecified atom stereocenters. The van der Waals surface area contributed by atoms with E-state index in [1.807, 2.05) is 37.3 Å². The highest BCUT2D eigenvalue weighted by Crippen LogP contribution is 2.36. The molecule has 144 valence electrons. The van der Waals surface area contributed by atoms with Crippen LogP contribution in [0.25, 0.3) is 0 Å². The van der Waals surface area contributed by atoms with Crippen LogP contribution in [0.4, 0.5) is 5.00 Å². The fraction of sp³-hybridized carbons (Fsp3) is 0.350. The van der Waals surface area contributed by atoms with Crippen LogP contribution in [0.5, 0.6) is 0 Å². The van der Waals surface area contributed by atoms with Crippen molar-refractivity contribution < 1.29 is 23.9 Å². The van der Waals surface area contributed by atoms with Gasteiger partial charge in [-0.25, -0.2) is 4.79 Å². The molecular formula is C20H23NO5S. The minimum Gasteiger partial charge on any atom is -0.469 e. The maximum absolute atomic E-state index is 12.3. The number of rotatable bonds is 8. The lowest BCUT2D eigenvalue weighted by atomic mass is 9.99. The Hall–Kier alpha value is -2.67. The number of benzene rings is 1. The first kappa shape index (κ1) is 20.6. The zero-order valence-corrected chi connectivity index (χ0v) is 16.4. The number of ether oxygens (including phenoxy) is 2. The number of hydrogen-bond donors (Lipinski definition) is 1. The van der Waals surface area contributed by atoms with Crippen molar-refractivity contribution in [2.24, 2.45) is 0 Å². The fourth-order valence-corrected chi connectivity index (χ4v) is 3.63. The summed E-state index contributed by atoms with van der Waals surface area (Å²) in [5.74, 6) is -1.24. The van der Waals surface area contributed by atoms with Gasteiger partial charge in [-0.3, -0.25) is 9.59 Å². The molecule has 1 N–H and O–H groups in total. The summed E-state index contributed by atoms with van der Waals surface area (Å²) in [6, 6.07) is 11.7. The van der Waals surface area contributed by atoms with Crippen LogP contribution < -0.4 is 5.32 Å². The smallest absolute Gasteiger partial charge is 0.341 e. The summed E-state index contributed by atoms with van der Waals surface area (Å²) >= 11 is 1.34. The topological polar surface area (TPSA) is 81.7 Å². The Balaban J connectivity index is 2.23. The van der Waals surface area contributed by atoms with Crippen LogP contribution in [0.1, 0.15) is 53.4 Å². The van der Waals surface area contributed by atoms with Gasteiger partial charge in [0.2, 0.25) is 5.91 Å². The van der Waals surface area contributed by atoms with Crippen molar-refractivity contribution in [3.63, 3.8) is 0 Å². The van der Waals surface area contributed by atoms with Crippen LogP contribution in [0.2, 0.25) is 0 Å². The van der Waals surface area contributed by atoms with Gasteiger partial charge in [-0.15, -0.1) is 11.3 Å². The molecule has 0 spiro atoms. The van der Waals surface area contributed by atoms with Crippen LogP contribution in [0.15, 0.2) is 36.4 Å². The van der Waals surface area contributed by atoms with E-state index in [4.69, 9.17) is 4.74 Å². The standard InChI is InChI=1S/C20H23NO5S/c1-4-26-20(24)15-12-16(13(2)14-8-6-5-7-9-14)27-19(15)21-17(22)10-11-18(23)25-3/h5-9,12-13H,4,10-11H2,1-3H3,(H,21,22)/t13-/m0/s1. The molecule has 0 aliphatic rings. The van der Waals surface area contributed by atoms with E-state index < -0.39 is 11.9 Å². The Morgan fingerprint density at radius 3 is 2.48 bits per heavy atom. The van der Waals surface area contributed by atoms with Gasteiger partial charge in [0.25, 0.3) is 0 Å². The summed E-state index contributed by atoms with van der Waals surface area (Å²) in [5.41, 5.74) is 1.43. The average molecular weight is 389 g/mol. The molecular weight excluding hydrogens is 366 g/mol. The number of hydrogen-bond acceptors (Lipinski definition) is 6. The normalized spacial score (nSPS) is 11.5. The third-order valence-electron chi connectivity index (χ3n) is 4.01. The minimum absolute atomic E-state index is 0.0174. The Morgan fingerprint density at radius 2 is 1.85 bits per heavy atom. The Morgan fingerprint density at radius 1 is 1.15 bits per heavy atom. The lowest BCUT2D eigenvalue weighted by Crippen LogP contribution is -2.15. The summed E-state index contributed by atoms with van der Waals surface area (Å²) in [6.45, 7) is 4.01. The number of methoxy groups -OCH3 is 1. The summed E-state index contributed by atoms with van der Waals surface area (Å²) in [6.07, 6.45) is -0.0356. The maximum Gasteiger partial charge on any atom is 0.341 e. The van der Waals surface area contributed by atoms with Gasteiger partial charge in [-0.05, 0) is 18.6 Å². The molecule has 1 heterocycles. The number of thiophene rings is 1. The van der Waals surface area contributed by atoms with Gasteiger partial charge >= 0.3 is 11.9 Å². The number of carbonyl (C=O) groups is 3. The van der Waals surface area contributed by atoms with Gasteiger partial charge in [0.05, 0.1) is 25.7 Å². The van der Waals surface area contributed by atoms with Gasteiger partial charge in [-0.2, -0.15) is 0 Å². The van der Waals surface area contributed by atoms with Crippen LogP contribution in [-0.4, -0.2) is 31.6 Å².